The number of hydrogen-bond acceptors (Lipinski definition) is 5. The second kappa shape index (κ2) is 7.08. The van der Waals surface area contributed by atoms with Gasteiger partial charge >= 0.3 is 0 Å². The second-order valence-corrected chi connectivity index (χ2v) is 8.32. The van der Waals surface area contributed by atoms with Crippen molar-refractivity contribution in [2.24, 2.45) is 0 Å². The van der Waals surface area contributed by atoms with Crippen LogP contribution in [0.5, 0.6) is 5.75 Å². The minimum Gasteiger partial charge on any atom is -0.506 e. The monoisotopic (exact) mass is 407 g/mol. The molecular weight excluding hydrogens is 390 g/mol. The van der Waals surface area contributed by atoms with Gasteiger partial charge in [-0.15, -0.1) is 11.3 Å². The Hall–Kier alpha value is -2.63. The van der Waals surface area contributed by atoms with Gasteiger partial charge in [0.2, 0.25) is 0 Å². The molecule has 1 aliphatic carbocycles. The van der Waals surface area contributed by atoms with Crippen molar-refractivity contribution in [3.8, 4) is 16.9 Å². The lowest BCUT2D eigenvalue weighted by Crippen LogP contribution is -2.02. The van der Waals surface area contributed by atoms with Crippen molar-refractivity contribution in [1.82, 2.24) is 9.97 Å². The molecule has 2 aromatic heterocycles. The predicted octanol–water partition coefficient (Wildman–Crippen LogP) is 6.34. The van der Waals surface area contributed by atoms with Crippen LogP contribution >= 0.6 is 22.9 Å². The molecule has 1 aliphatic rings. The summed E-state index contributed by atoms with van der Waals surface area (Å²) in [5.41, 5.74) is 5.73. The number of rotatable bonds is 3. The Balaban J connectivity index is 1.62. The Morgan fingerprint density at radius 3 is 2.75 bits per heavy atom. The SMILES string of the molecule is Oc1ccc(Cl)cc1Nc1ncnc2scc(-c3ccc4c(c3)CCCC4)c12. The summed E-state index contributed by atoms with van der Waals surface area (Å²) < 4.78 is 0. The lowest BCUT2D eigenvalue weighted by molar-refractivity contribution is 0.478. The van der Waals surface area contributed by atoms with E-state index in [2.05, 4.69) is 38.9 Å². The molecule has 0 saturated carbocycles. The summed E-state index contributed by atoms with van der Waals surface area (Å²) in [4.78, 5) is 9.79. The fraction of sp³-hybridized carbons (Fsp3) is 0.182. The molecule has 0 aliphatic heterocycles. The molecule has 0 saturated heterocycles. The van der Waals surface area contributed by atoms with E-state index in [4.69, 9.17) is 11.6 Å². The van der Waals surface area contributed by atoms with Gasteiger partial charge in [0, 0.05) is 16.0 Å². The van der Waals surface area contributed by atoms with Crippen LogP contribution in [0, 0.1) is 0 Å². The number of hydrogen-bond donors (Lipinski definition) is 2. The van der Waals surface area contributed by atoms with Gasteiger partial charge in [-0.25, -0.2) is 9.97 Å². The molecular formula is C22H18ClN3OS. The highest BCUT2D eigenvalue weighted by molar-refractivity contribution is 7.17. The molecule has 4 nitrogen and oxygen atoms in total. The van der Waals surface area contributed by atoms with Gasteiger partial charge in [-0.1, -0.05) is 29.8 Å². The van der Waals surface area contributed by atoms with Crippen molar-refractivity contribution < 1.29 is 5.11 Å². The first-order valence-electron chi connectivity index (χ1n) is 9.29. The van der Waals surface area contributed by atoms with Crippen molar-refractivity contribution in [2.45, 2.75) is 25.7 Å². The van der Waals surface area contributed by atoms with Crippen LogP contribution in [0.4, 0.5) is 11.5 Å². The number of phenols is 1. The number of phenolic OH excluding ortho intramolecular Hbond substituents is 1. The van der Waals surface area contributed by atoms with E-state index in [9.17, 15) is 5.11 Å². The molecule has 0 fully saturated rings. The highest BCUT2D eigenvalue weighted by Crippen LogP contribution is 2.40. The molecule has 0 unspecified atom stereocenters. The number of fused-ring (bicyclic) bond motifs is 2. The van der Waals surface area contributed by atoms with E-state index >= 15 is 0 Å². The molecule has 28 heavy (non-hydrogen) atoms. The van der Waals surface area contributed by atoms with Gasteiger partial charge in [-0.05, 0) is 60.6 Å². The average Bonchev–Trinajstić information content (AvgIpc) is 3.15. The summed E-state index contributed by atoms with van der Waals surface area (Å²) in [6.45, 7) is 0. The zero-order valence-corrected chi connectivity index (χ0v) is 16.6. The third-order valence-corrected chi connectivity index (χ3v) is 6.36. The number of thiophene rings is 1. The molecule has 2 heterocycles. The Morgan fingerprint density at radius 1 is 1.00 bits per heavy atom. The standard InChI is InChI=1S/C22H18ClN3OS/c23-16-7-8-19(27)18(10-16)26-21-20-17(11-28-22(20)25-12-24-21)15-6-5-13-3-1-2-4-14(13)9-15/h5-12,27H,1-4H2,(H,24,25,26). The van der Waals surface area contributed by atoms with E-state index in [1.165, 1.54) is 36.0 Å². The van der Waals surface area contributed by atoms with Crippen LogP contribution in [-0.2, 0) is 12.8 Å². The maximum Gasteiger partial charge on any atom is 0.143 e. The first-order chi connectivity index (χ1) is 13.7. The molecule has 2 aromatic carbocycles. The number of benzene rings is 2. The minimum atomic E-state index is 0.127. The molecule has 140 valence electrons. The van der Waals surface area contributed by atoms with Crippen molar-refractivity contribution in [3.63, 3.8) is 0 Å². The first-order valence-corrected chi connectivity index (χ1v) is 10.5. The summed E-state index contributed by atoms with van der Waals surface area (Å²) in [5.74, 6) is 0.790. The molecule has 2 N–H and O–H groups in total. The molecule has 6 heteroatoms. The van der Waals surface area contributed by atoms with E-state index in [1.807, 2.05) is 0 Å². The van der Waals surface area contributed by atoms with Gasteiger partial charge in [0.25, 0.3) is 0 Å². The van der Waals surface area contributed by atoms with Crippen molar-refractivity contribution in [1.29, 1.82) is 0 Å². The van der Waals surface area contributed by atoms with Gasteiger partial charge in [0.1, 0.15) is 22.7 Å². The summed E-state index contributed by atoms with van der Waals surface area (Å²) in [5, 5.41) is 17.1. The zero-order valence-electron chi connectivity index (χ0n) is 15.1. The number of aromatic nitrogens is 2. The molecule has 4 aromatic rings. The second-order valence-electron chi connectivity index (χ2n) is 7.03. The van der Waals surface area contributed by atoms with Gasteiger partial charge in [0.15, 0.2) is 0 Å². The van der Waals surface area contributed by atoms with Crippen LogP contribution in [-0.4, -0.2) is 15.1 Å². The Kier molecular flexibility index (Phi) is 4.41. The van der Waals surface area contributed by atoms with Crippen molar-refractivity contribution in [3.05, 3.63) is 64.3 Å². The van der Waals surface area contributed by atoms with E-state index in [0.717, 1.165) is 22.2 Å². The van der Waals surface area contributed by atoms with E-state index in [-0.39, 0.29) is 5.75 Å². The van der Waals surface area contributed by atoms with Gasteiger partial charge < -0.3 is 10.4 Å². The van der Waals surface area contributed by atoms with Gasteiger partial charge in [-0.2, -0.15) is 0 Å². The van der Waals surface area contributed by atoms with Crippen LogP contribution in [0.15, 0.2) is 48.1 Å². The highest BCUT2D eigenvalue weighted by atomic mass is 35.5. The zero-order chi connectivity index (χ0) is 19.1. The number of halogens is 1. The maximum absolute atomic E-state index is 10.2. The fourth-order valence-electron chi connectivity index (χ4n) is 3.82. The van der Waals surface area contributed by atoms with Crippen LogP contribution < -0.4 is 5.32 Å². The van der Waals surface area contributed by atoms with Gasteiger partial charge in [0.05, 0.1) is 11.1 Å². The van der Waals surface area contributed by atoms with Crippen LogP contribution in [0.1, 0.15) is 24.0 Å². The van der Waals surface area contributed by atoms with Crippen LogP contribution in [0.25, 0.3) is 21.3 Å². The largest absolute Gasteiger partial charge is 0.506 e. The third kappa shape index (κ3) is 3.11. The number of nitrogens with one attached hydrogen (secondary N) is 1. The Morgan fingerprint density at radius 2 is 1.86 bits per heavy atom. The smallest absolute Gasteiger partial charge is 0.143 e. The lowest BCUT2D eigenvalue weighted by Gasteiger charge is -2.16. The van der Waals surface area contributed by atoms with Crippen LogP contribution in [0.2, 0.25) is 5.02 Å². The fourth-order valence-corrected chi connectivity index (χ4v) is 4.91. The molecule has 0 spiro atoms. The van der Waals surface area contributed by atoms with Crippen LogP contribution in [0.3, 0.4) is 0 Å². The van der Waals surface area contributed by atoms with Crippen molar-refractivity contribution in [2.75, 3.05) is 5.32 Å². The normalized spacial score (nSPS) is 13.5. The topological polar surface area (TPSA) is 58.0 Å². The van der Waals surface area contributed by atoms with Gasteiger partial charge in [-0.3, -0.25) is 0 Å². The molecule has 5 rings (SSSR count). The summed E-state index contributed by atoms with van der Waals surface area (Å²) in [7, 11) is 0. The van der Waals surface area contributed by atoms with Crippen molar-refractivity contribution >= 4 is 44.7 Å². The minimum absolute atomic E-state index is 0.127. The quantitative estimate of drug-likeness (QED) is 0.389. The van der Waals surface area contributed by atoms with E-state index in [1.54, 1.807) is 35.9 Å². The molecule has 0 amide bonds. The third-order valence-electron chi connectivity index (χ3n) is 5.24. The predicted molar refractivity (Wildman–Crippen MR) is 116 cm³/mol. The highest BCUT2D eigenvalue weighted by Gasteiger charge is 2.16. The summed E-state index contributed by atoms with van der Waals surface area (Å²) in [6.07, 6.45) is 6.39. The summed E-state index contributed by atoms with van der Waals surface area (Å²) in [6, 6.07) is 11.7. The number of aryl methyl sites for hydroxylation is 2. The van der Waals surface area contributed by atoms with E-state index in [0.29, 0.717) is 16.5 Å². The lowest BCUT2D eigenvalue weighted by atomic mass is 9.89. The Labute approximate surface area is 171 Å². The maximum atomic E-state index is 10.2. The number of nitrogens with zero attached hydrogens (tertiary/aromatic N) is 2. The average molecular weight is 408 g/mol. The summed E-state index contributed by atoms with van der Waals surface area (Å²) >= 11 is 7.69. The number of aromatic hydroxyl groups is 1. The molecule has 0 radical (unpaired) electrons. The molecule has 0 bridgehead atoms. The Bertz CT molecular complexity index is 1190. The van der Waals surface area contributed by atoms with E-state index < -0.39 is 0 Å². The first kappa shape index (κ1) is 17.5. The molecule has 0 atom stereocenters. The number of anilines is 2.